The topological polar surface area (TPSA) is 41.1 Å². The molecule has 2 aromatic carbocycles. The molecule has 2 aromatic rings. The Labute approximate surface area is 176 Å². The number of amides is 1. The Balaban J connectivity index is 2.21. The molecular formula is C21H25Cl3N2O. The number of carbonyl (C=O) groups excluding carboxylic acids is 1. The molecule has 1 atom stereocenters. The predicted octanol–water partition coefficient (Wildman–Crippen LogP) is 6.14. The van der Waals surface area contributed by atoms with Gasteiger partial charge in [0.15, 0.2) is 0 Å². The van der Waals surface area contributed by atoms with Gasteiger partial charge in [0.2, 0.25) is 3.79 Å². The Hall–Kier alpha value is -1.42. The number of benzene rings is 2. The fourth-order valence-electron chi connectivity index (χ4n) is 2.58. The van der Waals surface area contributed by atoms with E-state index in [9.17, 15) is 4.79 Å². The standard InChI is InChI=1S/C21H25Cl3N2O/c1-13-6-7-14(2)17(12-13)25-19(21(22,23)24)26-18(27)15-8-10-16(11-9-15)20(3,4)5/h6-12,19,25H,1-5H3,(H,26,27)/t19-/m1/s1. The molecule has 146 valence electrons. The van der Waals surface area contributed by atoms with Gasteiger partial charge in [-0.2, -0.15) is 0 Å². The molecule has 0 saturated carbocycles. The lowest BCUT2D eigenvalue weighted by atomic mass is 9.87. The molecule has 2 N–H and O–H groups in total. The molecule has 0 heterocycles. The number of nitrogens with one attached hydrogen (secondary N) is 2. The van der Waals surface area contributed by atoms with E-state index in [0.717, 1.165) is 22.4 Å². The van der Waals surface area contributed by atoms with Crippen LogP contribution in [0.25, 0.3) is 0 Å². The third-order valence-electron chi connectivity index (χ3n) is 4.31. The first kappa shape index (κ1) is 21.9. The van der Waals surface area contributed by atoms with E-state index in [0.29, 0.717) is 5.56 Å². The van der Waals surface area contributed by atoms with E-state index in [2.05, 4.69) is 31.4 Å². The van der Waals surface area contributed by atoms with Crippen molar-refractivity contribution in [2.45, 2.75) is 50.0 Å². The van der Waals surface area contributed by atoms with Crippen LogP contribution in [-0.4, -0.2) is 15.9 Å². The fraction of sp³-hybridized carbons (Fsp3) is 0.381. The number of anilines is 1. The molecule has 6 heteroatoms. The Kier molecular flexibility index (Phi) is 6.72. The van der Waals surface area contributed by atoms with Gasteiger partial charge in [-0.05, 0) is 54.2 Å². The molecule has 0 radical (unpaired) electrons. The Bertz CT molecular complexity index is 806. The number of halogens is 3. The van der Waals surface area contributed by atoms with Gasteiger partial charge in [0.1, 0.15) is 6.17 Å². The zero-order valence-electron chi connectivity index (χ0n) is 16.2. The van der Waals surface area contributed by atoms with Gasteiger partial charge in [0.25, 0.3) is 5.91 Å². The van der Waals surface area contributed by atoms with Crippen molar-refractivity contribution in [2.75, 3.05) is 5.32 Å². The minimum Gasteiger partial charge on any atom is -0.362 e. The average molecular weight is 428 g/mol. The third-order valence-corrected chi connectivity index (χ3v) is 4.96. The molecule has 0 aliphatic carbocycles. The summed E-state index contributed by atoms with van der Waals surface area (Å²) in [7, 11) is 0. The maximum Gasteiger partial charge on any atom is 0.252 e. The summed E-state index contributed by atoms with van der Waals surface area (Å²) in [6.45, 7) is 10.3. The molecule has 0 saturated heterocycles. The minimum absolute atomic E-state index is 0.0133. The summed E-state index contributed by atoms with van der Waals surface area (Å²) in [6, 6.07) is 13.4. The maximum atomic E-state index is 12.7. The average Bonchev–Trinajstić information content (AvgIpc) is 2.56. The fourth-order valence-corrected chi connectivity index (χ4v) is 2.91. The monoisotopic (exact) mass is 426 g/mol. The Morgan fingerprint density at radius 1 is 0.963 bits per heavy atom. The van der Waals surface area contributed by atoms with E-state index in [1.807, 2.05) is 44.2 Å². The third kappa shape index (κ3) is 6.03. The molecular weight excluding hydrogens is 403 g/mol. The first-order valence-corrected chi connectivity index (χ1v) is 9.83. The minimum atomic E-state index is -1.73. The van der Waals surface area contributed by atoms with E-state index in [1.54, 1.807) is 12.1 Å². The quantitative estimate of drug-likeness (QED) is 0.454. The van der Waals surface area contributed by atoms with Crippen LogP contribution in [0.3, 0.4) is 0 Å². The number of hydrogen-bond donors (Lipinski definition) is 2. The summed E-state index contributed by atoms with van der Waals surface area (Å²) < 4.78 is -1.73. The van der Waals surface area contributed by atoms with Crippen LogP contribution in [-0.2, 0) is 5.41 Å². The highest BCUT2D eigenvalue weighted by molar-refractivity contribution is 6.68. The summed E-state index contributed by atoms with van der Waals surface area (Å²) in [5.41, 5.74) is 4.52. The van der Waals surface area contributed by atoms with Crippen molar-refractivity contribution in [3.8, 4) is 0 Å². The highest BCUT2D eigenvalue weighted by Crippen LogP contribution is 2.32. The van der Waals surface area contributed by atoms with Gasteiger partial charge in [-0.1, -0.05) is 79.8 Å². The van der Waals surface area contributed by atoms with Crippen molar-refractivity contribution in [3.05, 3.63) is 64.7 Å². The van der Waals surface area contributed by atoms with Crippen molar-refractivity contribution in [1.29, 1.82) is 0 Å². The lowest BCUT2D eigenvalue weighted by Crippen LogP contribution is -2.49. The SMILES string of the molecule is Cc1ccc(C)c(N[C@H](NC(=O)c2ccc(C(C)(C)C)cc2)C(Cl)(Cl)Cl)c1. The first-order valence-electron chi connectivity index (χ1n) is 8.70. The number of carbonyl (C=O) groups is 1. The molecule has 3 nitrogen and oxygen atoms in total. The van der Waals surface area contributed by atoms with Crippen molar-refractivity contribution >= 4 is 46.4 Å². The number of rotatable bonds is 4. The molecule has 0 aromatic heterocycles. The van der Waals surface area contributed by atoms with Gasteiger partial charge >= 0.3 is 0 Å². The van der Waals surface area contributed by atoms with E-state index < -0.39 is 9.96 Å². The lowest BCUT2D eigenvalue weighted by molar-refractivity contribution is 0.0941. The van der Waals surface area contributed by atoms with Crippen LogP contribution in [0.5, 0.6) is 0 Å². The van der Waals surface area contributed by atoms with Gasteiger partial charge in [0.05, 0.1) is 0 Å². The van der Waals surface area contributed by atoms with Crippen LogP contribution in [0.2, 0.25) is 0 Å². The van der Waals surface area contributed by atoms with Crippen molar-refractivity contribution < 1.29 is 4.79 Å². The van der Waals surface area contributed by atoms with Gasteiger partial charge in [-0.25, -0.2) is 0 Å². The molecule has 0 fully saturated rings. The molecule has 0 aliphatic heterocycles. The van der Waals surface area contributed by atoms with Crippen LogP contribution in [0.1, 0.15) is 47.8 Å². The van der Waals surface area contributed by atoms with E-state index in [4.69, 9.17) is 34.8 Å². The molecule has 0 unspecified atom stereocenters. The van der Waals surface area contributed by atoms with Gasteiger partial charge < -0.3 is 10.6 Å². The van der Waals surface area contributed by atoms with Gasteiger partial charge in [0, 0.05) is 11.3 Å². The molecule has 27 heavy (non-hydrogen) atoms. The second-order valence-corrected chi connectivity index (χ2v) is 10.1. The van der Waals surface area contributed by atoms with Gasteiger partial charge in [-0.3, -0.25) is 4.79 Å². The Morgan fingerprint density at radius 3 is 2.07 bits per heavy atom. The van der Waals surface area contributed by atoms with Crippen LogP contribution < -0.4 is 10.6 Å². The zero-order chi connectivity index (χ0) is 20.4. The summed E-state index contributed by atoms with van der Waals surface area (Å²) in [4.78, 5) is 12.7. The highest BCUT2D eigenvalue weighted by Gasteiger charge is 2.34. The van der Waals surface area contributed by atoms with E-state index in [-0.39, 0.29) is 11.3 Å². The van der Waals surface area contributed by atoms with Crippen LogP contribution in [0, 0.1) is 13.8 Å². The highest BCUT2D eigenvalue weighted by atomic mass is 35.6. The smallest absolute Gasteiger partial charge is 0.252 e. The van der Waals surface area contributed by atoms with Crippen LogP contribution in [0.4, 0.5) is 5.69 Å². The zero-order valence-corrected chi connectivity index (χ0v) is 18.4. The molecule has 1 amide bonds. The Morgan fingerprint density at radius 2 is 1.56 bits per heavy atom. The normalized spacial score (nSPS) is 13.2. The number of aryl methyl sites for hydroxylation is 2. The van der Waals surface area contributed by atoms with E-state index >= 15 is 0 Å². The maximum absolute atomic E-state index is 12.7. The largest absolute Gasteiger partial charge is 0.362 e. The van der Waals surface area contributed by atoms with Crippen molar-refractivity contribution in [2.24, 2.45) is 0 Å². The second-order valence-electron chi connectivity index (χ2n) is 7.74. The van der Waals surface area contributed by atoms with Crippen LogP contribution >= 0.6 is 34.8 Å². The van der Waals surface area contributed by atoms with Gasteiger partial charge in [-0.15, -0.1) is 0 Å². The summed E-state index contributed by atoms with van der Waals surface area (Å²) >= 11 is 18.3. The van der Waals surface area contributed by atoms with Crippen molar-refractivity contribution in [3.63, 3.8) is 0 Å². The first-order chi connectivity index (χ1) is 12.4. The van der Waals surface area contributed by atoms with E-state index in [1.165, 1.54) is 0 Å². The predicted molar refractivity (Wildman–Crippen MR) is 116 cm³/mol. The molecule has 0 aliphatic rings. The van der Waals surface area contributed by atoms with Crippen LogP contribution in [0.15, 0.2) is 42.5 Å². The number of alkyl halides is 3. The molecule has 2 rings (SSSR count). The summed E-state index contributed by atoms with van der Waals surface area (Å²) in [5.74, 6) is -0.315. The summed E-state index contributed by atoms with van der Waals surface area (Å²) in [5, 5.41) is 5.92. The van der Waals surface area contributed by atoms with Crippen molar-refractivity contribution in [1.82, 2.24) is 5.32 Å². The molecule has 0 spiro atoms. The second kappa shape index (κ2) is 8.30. The summed E-state index contributed by atoms with van der Waals surface area (Å²) in [6.07, 6.45) is -0.891. The number of hydrogen-bond acceptors (Lipinski definition) is 2. The lowest BCUT2D eigenvalue weighted by Gasteiger charge is -2.28. The molecule has 0 bridgehead atoms.